The Hall–Kier alpha value is -2.36. The maximum absolute atomic E-state index is 5.95. The van der Waals surface area contributed by atoms with Crippen LogP contribution < -0.4 is 0 Å². The van der Waals surface area contributed by atoms with Crippen molar-refractivity contribution in [2.75, 3.05) is 32.7 Å². The molecule has 4 rings (SSSR count). The lowest BCUT2D eigenvalue weighted by atomic mass is 10.2. The summed E-state index contributed by atoms with van der Waals surface area (Å²) in [5, 5.41) is 1.20. The second-order valence-corrected chi connectivity index (χ2v) is 6.64. The summed E-state index contributed by atoms with van der Waals surface area (Å²) in [6, 6.07) is 20.9. The van der Waals surface area contributed by atoms with E-state index in [-0.39, 0.29) is 0 Å². The number of hydrogen-bond donors (Lipinski definition) is 0. The normalized spacial score (nSPS) is 16.8. The minimum absolute atomic E-state index is 0.905. The van der Waals surface area contributed by atoms with Crippen LogP contribution in [0.2, 0.25) is 0 Å². The summed E-state index contributed by atoms with van der Waals surface area (Å²) in [7, 11) is 0. The van der Waals surface area contributed by atoms with Crippen LogP contribution in [0.25, 0.3) is 17.0 Å². The largest absolute Gasteiger partial charge is 0.460 e. The Morgan fingerprint density at radius 2 is 1.56 bits per heavy atom. The number of furan rings is 1. The van der Waals surface area contributed by atoms with Crippen molar-refractivity contribution in [3.8, 4) is 0 Å². The van der Waals surface area contributed by atoms with E-state index in [2.05, 4.69) is 70.5 Å². The van der Waals surface area contributed by atoms with E-state index in [0.717, 1.165) is 50.6 Å². The fraction of sp³-hybridized carbons (Fsp3) is 0.273. The number of fused-ring (bicyclic) bond motifs is 1. The number of para-hydroxylation sites is 1. The quantitative estimate of drug-likeness (QED) is 0.696. The van der Waals surface area contributed by atoms with Crippen LogP contribution >= 0.6 is 0 Å². The monoisotopic (exact) mass is 332 g/mol. The lowest BCUT2D eigenvalue weighted by Gasteiger charge is -2.33. The summed E-state index contributed by atoms with van der Waals surface area (Å²) in [6.45, 7) is 6.33. The van der Waals surface area contributed by atoms with Crippen molar-refractivity contribution in [2.45, 2.75) is 6.54 Å². The van der Waals surface area contributed by atoms with Gasteiger partial charge in [0.25, 0.3) is 0 Å². The predicted octanol–water partition coefficient (Wildman–Crippen LogP) is 4.26. The Kier molecular flexibility index (Phi) is 4.96. The van der Waals surface area contributed by atoms with Crippen molar-refractivity contribution in [3.05, 3.63) is 78.1 Å². The number of piperazine rings is 1. The van der Waals surface area contributed by atoms with Gasteiger partial charge in [0.1, 0.15) is 11.3 Å². The van der Waals surface area contributed by atoms with Crippen molar-refractivity contribution in [1.82, 2.24) is 9.80 Å². The highest BCUT2D eigenvalue weighted by Crippen LogP contribution is 2.20. The predicted molar refractivity (Wildman–Crippen MR) is 103 cm³/mol. The van der Waals surface area contributed by atoms with Crippen LogP contribution in [-0.4, -0.2) is 42.5 Å². The Labute approximate surface area is 149 Å². The van der Waals surface area contributed by atoms with Crippen LogP contribution in [-0.2, 0) is 6.54 Å². The van der Waals surface area contributed by atoms with Gasteiger partial charge in [-0.1, -0.05) is 60.7 Å². The lowest BCUT2D eigenvalue weighted by molar-refractivity contribution is 0.130. The van der Waals surface area contributed by atoms with Crippen LogP contribution in [0.5, 0.6) is 0 Å². The fourth-order valence-electron chi connectivity index (χ4n) is 3.37. The maximum atomic E-state index is 5.95. The molecule has 1 aromatic heterocycles. The minimum Gasteiger partial charge on any atom is -0.460 e. The Morgan fingerprint density at radius 3 is 2.36 bits per heavy atom. The molecule has 0 radical (unpaired) electrons. The summed E-state index contributed by atoms with van der Waals surface area (Å²) >= 11 is 0. The summed E-state index contributed by atoms with van der Waals surface area (Å²) in [4.78, 5) is 4.99. The van der Waals surface area contributed by atoms with Crippen LogP contribution in [0.15, 0.2) is 71.2 Å². The first-order valence-electron chi connectivity index (χ1n) is 9.00. The molecule has 3 heteroatoms. The second kappa shape index (κ2) is 7.68. The minimum atomic E-state index is 0.905. The van der Waals surface area contributed by atoms with Gasteiger partial charge < -0.3 is 4.42 Å². The van der Waals surface area contributed by atoms with Crippen molar-refractivity contribution in [2.24, 2.45) is 0 Å². The molecule has 2 heterocycles. The molecule has 1 saturated heterocycles. The van der Waals surface area contributed by atoms with Crippen molar-refractivity contribution < 1.29 is 4.42 Å². The van der Waals surface area contributed by atoms with Crippen LogP contribution in [0.4, 0.5) is 0 Å². The Balaban J connectivity index is 1.26. The number of hydrogen-bond acceptors (Lipinski definition) is 3. The van der Waals surface area contributed by atoms with Gasteiger partial charge in [0.05, 0.1) is 6.54 Å². The highest BCUT2D eigenvalue weighted by molar-refractivity contribution is 5.77. The number of nitrogens with zero attached hydrogens (tertiary/aromatic N) is 2. The molecule has 0 spiro atoms. The molecule has 1 aliphatic heterocycles. The van der Waals surface area contributed by atoms with Gasteiger partial charge in [-0.3, -0.25) is 9.80 Å². The van der Waals surface area contributed by atoms with Crippen LogP contribution in [0.1, 0.15) is 11.3 Å². The Morgan fingerprint density at radius 1 is 0.840 bits per heavy atom. The third-order valence-electron chi connectivity index (χ3n) is 4.79. The molecule has 0 N–H and O–H groups in total. The molecule has 1 fully saturated rings. The van der Waals surface area contributed by atoms with Crippen molar-refractivity contribution in [3.63, 3.8) is 0 Å². The lowest BCUT2D eigenvalue weighted by Crippen LogP contribution is -2.45. The summed E-state index contributed by atoms with van der Waals surface area (Å²) in [6.07, 6.45) is 4.48. The summed E-state index contributed by atoms with van der Waals surface area (Å²) in [5.74, 6) is 1.07. The zero-order chi connectivity index (χ0) is 16.9. The standard InChI is InChI=1S/C22H24N2O/c1-2-7-19(8-3-1)9-6-12-23-13-15-24(16-14-23)18-21-17-20-10-4-5-11-22(20)25-21/h1-11,17H,12-16,18H2/b9-6-. The van der Waals surface area contributed by atoms with Crippen LogP contribution in [0.3, 0.4) is 0 Å². The molecule has 1 aliphatic rings. The highest BCUT2D eigenvalue weighted by Gasteiger charge is 2.17. The first-order valence-corrected chi connectivity index (χ1v) is 9.00. The van der Waals surface area contributed by atoms with Crippen LogP contribution in [0, 0.1) is 0 Å². The second-order valence-electron chi connectivity index (χ2n) is 6.64. The van der Waals surface area contributed by atoms with E-state index >= 15 is 0 Å². The molecule has 25 heavy (non-hydrogen) atoms. The van der Waals surface area contributed by atoms with Crippen molar-refractivity contribution >= 4 is 17.0 Å². The average Bonchev–Trinajstić information content (AvgIpc) is 3.06. The SMILES string of the molecule is C(=C/c1ccccc1)/CN1CCN(Cc2cc3ccccc3o2)CC1. The molecule has 0 atom stereocenters. The van der Waals surface area contributed by atoms with Gasteiger partial charge in [-0.25, -0.2) is 0 Å². The molecule has 0 bridgehead atoms. The third kappa shape index (κ3) is 4.19. The zero-order valence-electron chi connectivity index (χ0n) is 14.5. The molecule has 0 saturated carbocycles. The maximum Gasteiger partial charge on any atom is 0.134 e. The van der Waals surface area contributed by atoms with E-state index in [0.29, 0.717) is 0 Å². The first-order chi connectivity index (χ1) is 12.4. The zero-order valence-corrected chi connectivity index (χ0v) is 14.5. The van der Waals surface area contributed by atoms with E-state index in [1.165, 1.54) is 10.9 Å². The van der Waals surface area contributed by atoms with Gasteiger partial charge >= 0.3 is 0 Å². The van der Waals surface area contributed by atoms with Gasteiger partial charge in [0.15, 0.2) is 0 Å². The van der Waals surface area contributed by atoms with Gasteiger partial charge in [-0.2, -0.15) is 0 Å². The summed E-state index contributed by atoms with van der Waals surface area (Å²) < 4.78 is 5.95. The number of rotatable bonds is 5. The van der Waals surface area contributed by atoms with Gasteiger partial charge in [-0.15, -0.1) is 0 Å². The molecule has 0 aliphatic carbocycles. The number of benzene rings is 2. The Bertz CT molecular complexity index is 796. The van der Waals surface area contributed by atoms with E-state index in [9.17, 15) is 0 Å². The van der Waals surface area contributed by atoms with Gasteiger partial charge in [0.2, 0.25) is 0 Å². The summed E-state index contributed by atoms with van der Waals surface area (Å²) in [5.41, 5.74) is 2.26. The molecule has 0 amide bonds. The molecular formula is C22H24N2O. The molecular weight excluding hydrogens is 308 g/mol. The fourth-order valence-corrected chi connectivity index (χ4v) is 3.37. The highest BCUT2D eigenvalue weighted by atomic mass is 16.3. The van der Waals surface area contributed by atoms with Gasteiger partial charge in [-0.05, 0) is 17.7 Å². The molecule has 128 valence electrons. The molecule has 3 aromatic rings. The third-order valence-corrected chi connectivity index (χ3v) is 4.79. The smallest absolute Gasteiger partial charge is 0.134 e. The van der Waals surface area contributed by atoms with E-state index in [1.54, 1.807) is 0 Å². The first kappa shape index (κ1) is 16.1. The molecule has 3 nitrogen and oxygen atoms in total. The topological polar surface area (TPSA) is 19.6 Å². The average molecular weight is 332 g/mol. The van der Waals surface area contributed by atoms with E-state index in [1.807, 2.05) is 12.1 Å². The molecule has 2 aromatic carbocycles. The van der Waals surface area contributed by atoms with Gasteiger partial charge in [0, 0.05) is 38.1 Å². The van der Waals surface area contributed by atoms with E-state index < -0.39 is 0 Å². The van der Waals surface area contributed by atoms with E-state index in [4.69, 9.17) is 4.42 Å². The molecule has 0 unspecified atom stereocenters. The van der Waals surface area contributed by atoms with Crippen molar-refractivity contribution in [1.29, 1.82) is 0 Å².